The van der Waals surface area contributed by atoms with Crippen molar-refractivity contribution in [2.75, 3.05) is 0 Å². The third-order valence-corrected chi connectivity index (χ3v) is 6.85. The zero-order valence-corrected chi connectivity index (χ0v) is 16.8. The van der Waals surface area contributed by atoms with Crippen molar-refractivity contribution in [2.45, 2.75) is 76.5 Å². The summed E-state index contributed by atoms with van der Waals surface area (Å²) in [5.74, 6) is 2.76. The van der Waals surface area contributed by atoms with Crippen LogP contribution < -0.4 is 4.74 Å². The van der Waals surface area contributed by atoms with Gasteiger partial charge < -0.3 is 4.74 Å². The Morgan fingerprint density at radius 3 is 2.07 bits per heavy atom. The van der Waals surface area contributed by atoms with Gasteiger partial charge in [-0.05, 0) is 92.7 Å². The van der Waals surface area contributed by atoms with Crippen molar-refractivity contribution >= 4 is 0 Å². The molecule has 0 radical (unpaired) electrons. The van der Waals surface area contributed by atoms with Crippen LogP contribution in [0.3, 0.4) is 0 Å². The first-order chi connectivity index (χ1) is 13.9. The van der Waals surface area contributed by atoms with E-state index in [0.717, 1.165) is 42.6 Å². The quantitative estimate of drug-likeness (QED) is 0.458. The van der Waals surface area contributed by atoms with Gasteiger partial charge >= 0.3 is 6.36 Å². The minimum atomic E-state index is -4.63. The van der Waals surface area contributed by atoms with Gasteiger partial charge in [0.2, 0.25) is 0 Å². The van der Waals surface area contributed by atoms with Crippen LogP contribution in [0.5, 0.6) is 5.75 Å². The van der Waals surface area contributed by atoms with Crippen LogP contribution in [0.15, 0.2) is 36.4 Å². The Morgan fingerprint density at radius 1 is 0.931 bits per heavy atom. The van der Waals surface area contributed by atoms with Crippen LogP contribution in [-0.4, -0.2) is 6.36 Å². The van der Waals surface area contributed by atoms with Crippen LogP contribution in [0, 0.1) is 29.1 Å². The zero-order chi connectivity index (χ0) is 20.7. The first kappa shape index (κ1) is 21.7. The van der Waals surface area contributed by atoms with Crippen molar-refractivity contribution in [3.05, 3.63) is 42.0 Å². The van der Waals surface area contributed by atoms with Crippen molar-refractivity contribution in [1.29, 1.82) is 5.26 Å². The van der Waals surface area contributed by atoms with Crippen molar-refractivity contribution in [3.63, 3.8) is 0 Å². The molecule has 3 rings (SSSR count). The fraction of sp³-hybridized carbons (Fsp3) is 0.625. The fourth-order valence-corrected chi connectivity index (χ4v) is 5.28. The molecular weight excluding hydrogens is 375 g/mol. The lowest BCUT2D eigenvalue weighted by molar-refractivity contribution is -0.274. The van der Waals surface area contributed by atoms with Crippen LogP contribution in [0.2, 0.25) is 0 Å². The topological polar surface area (TPSA) is 33.0 Å². The molecule has 0 spiro atoms. The monoisotopic (exact) mass is 405 g/mol. The van der Waals surface area contributed by atoms with Crippen LogP contribution in [0.25, 0.3) is 0 Å². The maximum atomic E-state index is 12.3. The Kier molecular flexibility index (Phi) is 7.64. The highest BCUT2D eigenvalue weighted by Gasteiger charge is 2.32. The van der Waals surface area contributed by atoms with Crippen LogP contribution >= 0.6 is 0 Å². The van der Waals surface area contributed by atoms with Crippen LogP contribution in [0.4, 0.5) is 13.2 Å². The first-order valence-electron chi connectivity index (χ1n) is 10.8. The summed E-state index contributed by atoms with van der Waals surface area (Å²) in [5.41, 5.74) is 1.13. The number of ether oxygens (including phenoxy) is 1. The number of nitriles is 1. The molecule has 0 atom stereocenters. The summed E-state index contributed by atoms with van der Waals surface area (Å²) in [7, 11) is 0. The number of hydrogen-bond donors (Lipinski definition) is 0. The molecule has 158 valence electrons. The molecule has 29 heavy (non-hydrogen) atoms. The molecule has 0 N–H and O–H groups in total. The van der Waals surface area contributed by atoms with E-state index < -0.39 is 6.36 Å². The normalized spacial score (nSPS) is 28.2. The van der Waals surface area contributed by atoms with Gasteiger partial charge in [-0.15, -0.1) is 13.2 Å². The number of nitrogens with zero attached hydrogens (tertiary/aromatic N) is 1. The predicted octanol–water partition coefficient (Wildman–Crippen LogP) is 7.53. The number of allylic oxidation sites excluding steroid dienone is 2. The zero-order valence-electron chi connectivity index (χ0n) is 16.8. The second-order valence-electron chi connectivity index (χ2n) is 8.62. The summed E-state index contributed by atoms with van der Waals surface area (Å²) in [6.45, 7) is 0. The smallest absolute Gasteiger partial charge is 0.406 e. The lowest BCUT2D eigenvalue weighted by atomic mass is 9.68. The Morgan fingerprint density at radius 2 is 1.52 bits per heavy atom. The van der Waals surface area contributed by atoms with Gasteiger partial charge in [-0.25, -0.2) is 0 Å². The third kappa shape index (κ3) is 6.80. The summed E-state index contributed by atoms with van der Waals surface area (Å²) in [4.78, 5) is 0. The molecular formula is C24H30F3NO. The first-order valence-corrected chi connectivity index (χ1v) is 10.8. The number of benzene rings is 1. The summed E-state index contributed by atoms with van der Waals surface area (Å²) in [6, 6.07) is 8.50. The van der Waals surface area contributed by atoms with Gasteiger partial charge in [0.15, 0.2) is 0 Å². The highest BCUT2D eigenvalue weighted by Crippen LogP contribution is 2.44. The van der Waals surface area contributed by atoms with E-state index in [2.05, 4.69) is 10.8 Å². The van der Waals surface area contributed by atoms with Gasteiger partial charge in [-0.1, -0.05) is 31.1 Å². The Balaban J connectivity index is 1.41. The number of alkyl halides is 3. The molecule has 0 aromatic heterocycles. The maximum absolute atomic E-state index is 12.3. The van der Waals surface area contributed by atoms with Crippen molar-refractivity contribution in [1.82, 2.24) is 0 Å². The SMILES string of the molecule is N#C/C=C/CCC1CCC([C@H]2CC[C@H](c3ccc(OC(F)(F)F)cc3)CC2)CC1. The molecule has 0 amide bonds. The van der Waals surface area contributed by atoms with Crippen LogP contribution in [0.1, 0.15) is 75.7 Å². The average molecular weight is 406 g/mol. The van der Waals surface area contributed by atoms with Crippen molar-refractivity contribution in [2.24, 2.45) is 17.8 Å². The standard InChI is InChI=1S/C24H30F3NO/c25-24(26,27)29-23-15-13-22(14-16-23)21-11-9-20(10-12-21)19-7-5-18(6-8-19)4-2-1-3-17-28/h1,3,13-16,18-21H,2,4-12H2/b3-1+/t18?,19?,20-,21-. The van der Waals surface area contributed by atoms with Gasteiger partial charge in [0.1, 0.15) is 5.75 Å². The average Bonchev–Trinajstić information content (AvgIpc) is 2.71. The van der Waals surface area contributed by atoms with E-state index in [1.165, 1.54) is 57.1 Å². The molecule has 1 aromatic rings. The van der Waals surface area contributed by atoms with Crippen molar-refractivity contribution < 1.29 is 17.9 Å². The van der Waals surface area contributed by atoms with Gasteiger partial charge in [0.25, 0.3) is 0 Å². The third-order valence-electron chi connectivity index (χ3n) is 6.85. The molecule has 2 fully saturated rings. The molecule has 1 aromatic carbocycles. The van der Waals surface area contributed by atoms with E-state index in [-0.39, 0.29) is 5.75 Å². The molecule has 0 saturated heterocycles. The summed E-state index contributed by atoms with van der Waals surface area (Å²) < 4.78 is 40.9. The Bertz CT molecular complexity index is 688. The largest absolute Gasteiger partial charge is 0.573 e. The number of rotatable bonds is 6. The molecule has 0 aliphatic heterocycles. The van der Waals surface area contributed by atoms with E-state index in [1.807, 2.05) is 6.08 Å². The lowest BCUT2D eigenvalue weighted by Gasteiger charge is -2.38. The van der Waals surface area contributed by atoms with Gasteiger partial charge in [0.05, 0.1) is 6.07 Å². The minimum Gasteiger partial charge on any atom is -0.406 e. The molecule has 2 nitrogen and oxygen atoms in total. The molecule has 5 heteroatoms. The molecule has 0 bridgehead atoms. The summed E-state index contributed by atoms with van der Waals surface area (Å²) >= 11 is 0. The van der Waals surface area contributed by atoms with E-state index in [9.17, 15) is 13.2 Å². The minimum absolute atomic E-state index is 0.144. The highest BCUT2D eigenvalue weighted by atomic mass is 19.4. The number of halogens is 3. The number of hydrogen-bond acceptors (Lipinski definition) is 2. The Hall–Kier alpha value is -1.96. The van der Waals surface area contributed by atoms with E-state index in [1.54, 1.807) is 18.2 Å². The van der Waals surface area contributed by atoms with E-state index >= 15 is 0 Å². The van der Waals surface area contributed by atoms with Gasteiger partial charge in [-0.3, -0.25) is 0 Å². The molecule has 2 aliphatic carbocycles. The van der Waals surface area contributed by atoms with Crippen molar-refractivity contribution in [3.8, 4) is 11.8 Å². The second kappa shape index (κ2) is 10.2. The summed E-state index contributed by atoms with van der Waals surface area (Å²) in [5, 5.41) is 8.54. The van der Waals surface area contributed by atoms with Crippen LogP contribution in [-0.2, 0) is 0 Å². The molecule has 0 unspecified atom stereocenters. The molecule has 2 aliphatic rings. The highest BCUT2D eigenvalue weighted by molar-refractivity contribution is 5.29. The molecule has 2 saturated carbocycles. The van der Waals surface area contributed by atoms with E-state index in [4.69, 9.17) is 5.26 Å². The van der Waals surface area contributed by atoms with Gasteiger partial charge in [-0.2, -0.15) is 5.26 Å². The summed E-state index contributed by atoms with van der Waals surface area (Å²) in [6.07, 6.45) is 11.1. The molecule has 0 heterocycles. The predicted molar refractivity (Wildman–Crippen MR) is 107 cm³/mol. The second-order valence-corrected chi connectivity index (χ2v) is 8.62. The van der Waals surface area contributed by atoms with Gasteiger partial charge in [0, 0.05) is 6.08 Å². The maximum Gasteiger partial charge on any atom is 0.573 e. The lowest BCUT2D eigenvalue weighted by Crippen LogP contribution is -2.25. The Labute approximate surface area is 171 Å². The fourth-order valence-electron chi connectivity index (χ4n) is 5.28. The van der Waals surface area contributed by atoms with E-state index in [0.29, 0.717) is 5.92 Å².